The molecular formula is C16H27N3O. The first-order valence-corrected chi connectivity index (χ1v) is 7.69. The topological polar surface area (TPSA) is 37.4 Å². The third-order valence-electron chi connectivity index (χ3n) is 3.87. The van der Waals surface area contributed by atoms with E-state index in [-0.39, 0.29) is 6.10 Å². The molecule has 0 aliphatic carbocycles. The molecule has 1 fully saturated rings. The summed E-state index contributed by atoms with van der Waals surface area (Å²) in [7, 11) is 0. The molecular weight excluding hydrogens is 250 g/mol. The van der Waals surface area contributed by atoms with Crippen LogP contribution in [0.4, 0.5) is 5.82 Å². The van der Waals surface area contributed by atoms with Gasteiger partial charge >= 0.3 is 0 Å². The van der Waals surface area contributed by atoms with Crippen LogP contribution in [-0.4, -0.2) is 36.8 Å². The van der Waals surface area contributed by atoms with Gasteiger partial charge in [0.25, 0.3) is 0 Å². The van der Waals surface area contributed by atoms with Gasteiger partial charge in [-0.1, -0.05) is 13.0 Å². The number of rotatable bonds is 5. The monoisotopic (exact) mass is 277 g/mol. The predicted molar refractivity (Wildman–Crippen MR) is 83.2 cm³/mol. The van der Waals surface area contributed by atoms with Crippen molar-refractivity contribution in [3.63, 3.8) is 0 Å². The highest BCUT2D eigenvalue weighted by atomic mass is 16.5. The molecule has 0 spiro atoms. The van der Waals surface area contributed by atoms with Crippen molar-refractivity contribution in [2.45, 2.75) is 52.3 Å². The van der Waals surface area contributed by atoms with Crippen molar-refractivity contribution in [2.75, 3.05) is 24.6 Å². The summed E-state index contributed by atoms with van der Waals surface area (Å²) in [5.41, 5.74) is 1.25. The lowest BCUT2D eigenvalue weighted by molar-refractivity contribution is 0.0340. The van der Waals surface area contributed by atoms with Gasteiger partial charge in [-0.3, -0.25) is 0 Å². The molecule has 1 aromatic heterocycles. The second-order valence-corrected chi connectivity index (χ2v) is 5.77. The molecule has 3 unspecified atom stereocenters. The van der Waals surface area contributed by atoms with Crippen molar-refractivity contribution in [3.8, 4) is 0 Å². The summed E-state index contributed by atoms with van der Waals surface area (Å²) in [5.74, 6) is 1.05. The second-order valence-electron chi connectivity index (χ2n) is 5.77. The van der Waals surface area contributed by atoms with E-state index < -0.39 is 0 Å². The Morgan fingerprint density at radius 2 is 2.25 bits per heavy atom. The number of nitrogens with one attached hydrogen (secondary N) is 1. The molecule has 1 saturated heterocycles. The minimum absolute atomic E-state index is 0.276. The van der Waals surface area contributed by atoms with Gasteiger partial charge in [-0.05, 0) is 45.4 Å². The molecule has 0 amide bonds. The van der Waals surface area contributed by atoms with E-state index in [1.807, 2.05) is 6.20 Å². The Labute approximate surface area is 122 Å². The fourth-order valence-electron chi connectivity index (χ4n) is 2.52. The number of morpholine rings is 1. The Morgan fingerprint density at radius 3 is 2.90 bits per heavy atom. The minimum atomic E-state index is 0.276. The lowest BCUT2D eigenvalue weighted by Crippen LogP contribution is -2.47. The highest BCUT2D eigenvalue weighted by molar-refractivity contribution is 5.41. The molecule has 0 aromatic carbocycles. The standard InChI is InChI=1S/C16H27N3O/c1-5-8-17-14(4)15-6-7-16(18-9-15)19-10-13(3)20-11-12(19)2/h6-7,9,12-14,17H,5,8,10-11H2,1-4H3. The van der Waals surface area contributed by atoms with Gasteiger partial charge in [0.2, 0.25) is 0 Å². The molecule has 3 atom stereocenters. The van der Waals surface area contributed by atoms with Crippen LogP contribution < -0.4 is 10.2 Å². The predicted octanol–water partition coefficient (Wildman–Crippen LogP) is 2.76. The lowest BCUT2D eigenvalue weighted by Gasteiger charge is -2.37. The number of pyridine rings is 1. The average Bonchev–Trinajstić information content (AvgIpc) is 2.47. The molecule has 0 bridgehead atoms. The van der Waals surface area contributed by atoms with Gasteiger partial charge in [0.05, 0.1) is 18.8 Å². The van der Waals surface area contributed by atoms with Gasteiger partial charge in [0.1, 0.15) is 5.82 Å². The number of nitrogens with zero attached hydrogens (tertiary/aromatic N) is 2. The van der Waals surface area contributed by atoms with Crippen LogP contribution in [0, 0.1) is 0 Å². The number of hydrogen-bond donors (Lipinski definition) is 1. The average molecular weight is 277 g/mol. The van der Waals surface area contributed by atoms with E-state index in [0.29, 0.717) is 12.1 Å². The minimum Gasteiger partial charge on any atom is -0.375 e. The Bertz CT molecular complexity index is 407. The third kappa shape index (κ3) is 3.70. The first kappa shape index (κ1) is 15.3. The molecule has 2 heterocycles. The van der Waals surface area contributed by atoms with Gasteiger partial charge in [-0.25, -0.2) is 4.98 Å². The number of hydrogen-bond acceptors (Lipinski definition) is 4. The van der Waals surface area contributed by atoms with Crippen molar-refractivity contribution in [3.05, 3.63) is 23.9 Å². The molecule has 20 heavy (non-hydrogen) atoms. The highest BCUT2D eigenvalue weighted by Gasteiger charge is 2.24. The van der Waals surface area contributed by atoms with Crippen LogP contribution in [0.3, 0.4) is 0 Å². The normalized spacial score (nSPS) is 24.7. The maximum Gasteiger partial charge on any atom is 0.128 e. The zero-order chi connectivity index (χ0) is 14.5. The lowest BCUT2D eigenvalue weighted by atomic mass is 10.1. The molecule has 4 heteroatoms. The smallest absolute Gasteiger partial charge is 0.128 e. The van der Waals surface area contributed by atoms with Crippen LogP contribution in [0.2, 0.25) is 0 Å². The van der Waals surface area contributed by atoms with Gasteiger partial charge in [0.15, 0.2) is 0 Å². The van der Waals surface area contributed by atoms with E-state index in [4.69, 9.17) is 4.74 Å². The van der Waals surface area contributed by atoms with E-state index in [1.54, 1.807) is 0 Å². The van der Waals surface area contributed by atoms with Gasteiger partial charge in [-0.15, -0.1) is 0 Å². The van der Waals surface area contributed by atoms with Crippen LogP contribution in [0.1, 0.15) is 45.7 Å². The maximum atomic E-state index is 5.67. The van der Waals surface area contributed by atoms with E-state index in [0.717, 1.165) is 31.9 Å². The molecule has 0 radical (unpaired) electrons. The Balaban J connectivity index is 2.03. The summed E-state index contributed by atoms with van der Waals surface area (Å²) >= 11 is 0. The summed E-state index contributed by atoms with van der Waals surface area (Å²) in [6.07, 6.45) is 3.42. The summed E-state index contributed by atoms with van der Waals surface area (Å²) in [6, 6.07) is 5.06. The summed E-state index contributed by atoms with van der Waals surface area (Å²) in [4.78, 5) is 6.98. The quantitative estimate of drug-likeness (QED) is 0.898. The zero-order valence-electron chi connectivity index (χ0n) is 13.1. The van der Waals surface area contributed by atoms with Crippen molar-refractivity contribution >= 4 is 5.82 Å². The van der Waals surface area contributed by atoms with Gasteiger partial charge in [0, 0.05) is 18.8 Å². The number of aromatic nitrogens is 1. The van der Waals surface area contributed by atoms with Gasteiger partial charge in [-0.2, -0.15) is 0 Å². The van der Waals surface area contributed by atoms with E-state index in [2.05, 4.69) is 55.0 Å². The molecule has 1 aliphatic rings. The summed E-state index contributed by atoms with van der Waals surface area (Å²) in [5, 5.41) is 3.49. The number of anilines is 1. The summed E-state index contributed by atoms with van der Waals surface area (Å²) in [6.45, 7) is 11.4. The van der Waals surface area contributed by atoms with E-state index in [9.17, 15) is 0 Å². The van der Waals surface area contributed by atoms with Crippen LogP contribution in [0.15, 0.2) is 18.3 Å². The second kappa shape index (κ2) is 7.04. The van der Waals surface area contributed by atoms with Crippen LogP contribution >= 0.6 is 0 Å². The molecule has 1 aromatic rings. The third-order valence-corrected chi connectivity index (χ3v) is 3.87. The first-order valence-electron chi connectivity index (χ1n) is 7.69. The Kier molecular flexibility index (Phi) is 5.38. The van der Waals surface area contributed by atoms with E-state index >= 15 is 0 Å². The van der Waals surface area contributed by atoms with Crippen molar-refractivity contribution in [1.29, 1.82) is 0 Å². The number of ether oxygens (including phenoxy) is 1. The maximum absolute atomic E-state index is 5.67. The van der Waals surface area contributed by atoms with Crippen LogP contribution in [0.5, 0.6) is 0 Å². The SMILES string of the molecule is CCCNC(C)c1ccc(N2CC(C)OCC2C)nc1. The molecule has 1 aliphatic heterocycles. The largest absolute Gasteiger partial charge is 0.375 e. The summed E-state index contributed by atoms with van der Waals surface area (Å²) < 4.78 is 5.67. The Morgan fingerprint density at radius 1 is 1.45 bits per heavy atom. The molecule has 2 rings (SSSR count). The molecule has 1 N–H and O–H groups in total. The van der Waals surface area contributed by atoms with Crippen molar-refractivity contribution in [1.82, 2.24) is 10.3 Å². The first-order chi connectivity index (χ1) is 9.61. The van der Waals surface area contributed by atoms with Crippen LogP contribution in [-0.2, 0) is 4.74 Å². The van der Waals surface area contributed by atoms with Crippen LogP contribution in [0.25, 0.3) is 0 Å². The highest BCUT2D eigenvalue weighted by Crippen LogP contribution is 2.21. The van der Waals surface area contributed by atoms with E-state index in [1.165, 1.54) is 5.56 Å². The fourth-order valence-corrected chi connectivity index (χ4v) is 2.52. The van der Waals surface area contributed by atoms with Gasteiger partial charge < -0.3 is 15.0 Å². The fraction of sp³-hybridized carbons (Fsp3) is 0.688. The zero-order valence-corrected chi connectivity index (χ0v) is 13.1. The Hall–Kier alpha value is -1.13. The van der Waals surface area contributed by atoms with Crippen molar-refractivity contribution < 1.29 is 4.74 Å². The van der Waals surface area contributed by atoms with Crippen molar-refractivity contribution in [2.24, 2.45) is 0 Å². The molecule has 112 valence electrons. The molecule has 4 nitrogen and oxygen atoms in total. The molecule has 0 saturated carbocycles.